The number of halogens is 2. The molecule has 1 amide bonds. The van der Waals surface area contributed by atoms with Gasteiger partial charge < -0.3 is 19.9 Å². The maximum Gasteiger partial charge on any atom is 0.230 e. The number of ether oxygens (including phenoxy) is 2. The van der Waals surface area contributed by atoms with Crippen LogP contribution in [0.3, 0.4) is 0 Å². The molecule has 0 radical (unpaired) electrons. The average Bonchev–Trinajstić information content (AvgIpc) is 3.21. The Hall–Kier alpha value is -1.86. The van der Waals surface area contributed by atoms with Crippen molar-refractivity contribution in [3.63, 3.8) is 0 Å². The molecule has 2 aromatic rings. The third kappa shape index (κ3) is 3.38. The predicted octanol–water partition coefficient (Wildman–Crippen LogP) is 3.27. The highest BCUT2D eigenvalue weighted by Gasteiger charge is 2.57. The number of nitrogens with one attached hydrogen (secondary N) is 1. The Morgan fingerprint density at radius 2 is 2.11 bits per heavy atom. The zero-order chi connectivity index (χ0) is 19.1. The first-order valence-electron chi connectivity index (χ1n) is 8.57. The molecule has 2 bridgehead atoms. The standard InChI is InChI=1S/C19H18Cl2N2O4/c1-26-15-6-9(4-5-22-15)16-17(14-8-13(24)18(16)27-14)19(25)23-10-2-3-11(20)12(21)7-10/h2-7,13-14,16-18,24H,8H2,1H3,(H,23,25)/t13-,14+,16+,17-,18-/m1/s1. The SMILES string of the molecule is COc1cc([C@@H]2[C@@H]3O[C@@H](C[C@H]3O)[C@H]2C(=O)Nc2ccc(Cl)c(Cl)c2)ccn1. The van der Waals surface area contributed by atoms with E-state index in [0.717, 1.165) is 5.56 Å². The number of aromatic nitrogens is 1. The highest BCUT2D eigenvalue weighted by molar-refractivity contribution is 6.42. The van der Waals surface area contributed by atoms with Crippen molar-refractivity contribution < 1.29 is 19.4 Å². The monoisotopic (exact) mass is 408 g/mol. The Morgan fingerprint density at radius 3 is 2.85 bits per heavy atom. The van der Waals surface area contributed by atoms with Gasteiger partial charge in [-0.25, -0.2) is 4.98 Å². The lowest BCUT2D eigenvalue weighted by atomic mass is 9.74. The summed E-state index contributed by atoms with van der Waals surface area (Å²) in [6, 6.07) is 8.53. The van der Waals surface area contributed by atoms with Crippen molar-refractivity contribution in [1.82, 2.24) is 4.98 Å². The van der Waals surface area contributed by atoms with Crippen molar-refractivity contribution in [2.45, 2.75) is 30.7 Å². The number of anilines is 1. The molecule has 0 aliphatic carbocycles. The highest BCUT2D eigenvalue weighted by atomic mass is 35.5. The second-order valence-corrected chi connectivity index (χ2v) is 7.56. The molecular formula is C19H18Cl2N2O4. The molecule has 0 unspecified atom stereocenters. The number of aliphatic hydroxyl groups is 1. The Balaban J connectivity index is 1.62. The van der Waals surface area contributed by atoms with Crippen LogP contribution in [-0.2, 0) is 9.53 Å². The van der Waals surface area contributed by atoms with E-state index in [4.69, 9.17) is 32.7 Å². The number of nitrogens with zero attached hydrogens (tertiary/aromatic N) is 1. The van der Waals surface area contributed by atoms with Crippen LogP contribution in [0.2, 0.25) is 10.0 Å². The zero-order valence-corrected chi connectivity index (χ0v) is 15.9. The van der Waals surface area contributed by atoms with Gasteiger partial charge in [-0.3, -0.25) is 4.79 Å². The van der Waals surface area contributed by atoms with E-state index >= 15 is 0 Å². The van der Waals surface area contributed by atoms with Gasteiger partial charge in [0.05, 0.1) is 41.4 Å². The summed E-state index contributed by atoms with van der Waals surface area (Å²) in [6.45, 7) is 0. The Bertz CT molecular complexity index is 879. The van der Waals surface area contributed by atoms with Crippen molar-refractivity contribution in [2.75, 3.05) is 12.4 Å². The minimum atomic E-state index is -0.604. The molecule has 3 heterocycles. The van der Waals surface area contributed by atoms with E-state index in [1.807, 2.05) is 6.07 Å². The van der Waals surface area contributed by atoms with Gasteiger partial charge >= 0.3 is 0 Å². The minimum absolute atomic E-state index is 0.187. The van der Waals surface area contributed by atoms with E-state index < -0.39 is 18.1 Å². The van der Waals surface area contributed by atoms with E-state index in [9.17, 15) is 9.90 Å². The summed E-state index contributed by atoms with van der Waals surface area (Å²) in [6.07, 6.45) is 0.667. The lowest BCUT2D eigenvalue weighted by Crippen LogP contribution is -2.41. The van der Waals surface area contributed by atoms with Gasteiger partial charge in [-0.1, -0.05) is 23.2 Å². The third-order valence-electron chi connectivity index (χ3n) is 5.17. The second-order valence-electron chi connectivity index (χ2n) is 6.74. The normalized spacial score (nSPS) is 29.0. The van der Waals surface area contributed by atoms with Crippen molar-refractivity contribution in [2.24, 2.45) is 5.92 Å². The fraction of sp³-hybridized carbons (Fsp3) is 0.368. The molecule has 2 aliphatic heterocycles. The van der Waals surface area contributed by atoms with Crippen molar-refractivity contribution in [3.8, 4) is 5.88 Å². The fourth-order valence-corrected chi connectivity index (χ4v) is 4.28. The summed E-state index contributed by atoms with van der Waals surface area (Å²) in [5, 5.41) is 14.0. The number of hydrogen-bond acceptors (Lipinski definition) is 5. The second kappa shape index (κ2) is 7.28. The largest absolute Gasteiger partial charge is 0.481 e. The van der Waals surface area contributed by atoms with Crippen molar-refractivity contribution in [1.29, 1.82) is 0 Å². The summed E-state index contributed by atoms with van der Waals surface area (Å²) in [4.78, 5) is 17.2. The van der Waals surface area contributed by atoms with Crippen LogP contribution < -0.4 is 10.1 Å². The molecule has 1 aromatic carbocycles. The van der Waals surface area contributed by atoms with Crippen LogP contribution in [0, 0.1) is 5.92 Å². The van der Waals surface area contributed by atoms with Gasteiger partial charge in [0.25, 0.3) is 0 Å². The summed E-state index contributed by atoms with van der Waals surface area (Å²) in [5.74, 6) is -0.472. The average molecular weight is 409 g/mol. The quantitative estimate of drug-likeness (QED) is 0.811. The molecule has 2 saturated heterocycles. The summed E-state index contributed by atoms with van der Waals surface area (Å²) in [7, 11) is 1.53. The summed E-state index contributed by atoms with van der Waals surface area (Å²) < 4.78 is 11.1. The molecule has 2 fully saturated rings. The number of hydrogen-bond donors (Lipinski definition) is 2. The zero-order valence-electron chi connectivity index (χ0n) is 14.4. The first-order valence-corrected chi connectivity index (χ1v) is 9.33. The number of benzene rings is 1. The molecule has 142 valence electrons. The Labute approximate surface area is 166 Å². The van der Waals surface area contributed by atoms with Gasteiger partial charge in [-0.2, -0.15) is 0 Å². The first-order chi connectivity index (χ1) is 13.0. The van der Waals surface area contributed by atoms with Crippen molar-refractivity contribution >= 4 is 34.8 Å². The van der Waals surface area contributed by atoms with Crippen LogP contribution in [-0.4, -0.2) is 41.4 Å². The molecule has 0 spiro atoms. The number of aliphatic hydroxyl groups excluding tert-OH is 1. The van der Waals surface area contributed by atoms with Crippen molar-refractivity contribution in [3.05, 3.63) is 52.1 Å². The lowest BCUT2D eigenvalue weighted by Gasteiger charge is -2.30. The molecule has 1 aromatic heterocycles. The summed E-state index contributed by atoms with van der Waals surface area (Å²) >= 11 is 12.0. The van der Waals surface area contributed by atoms with Crippen LogP contribution >= 0.6 is 23.2 Å². The van der Waals surface area contributed by atoms with Crippen LogP contribution in [0.15, 0.2) is 36.5 Å². The number of carbonyl (C=O) groups excluding carboxylic acids is 1. The van der Waals surface area contributed by atoms with Crippen LogP contribution in [0.25, 0.3) is 0 Å². The third-order valence-corrected chi connectivity index (χ3v) is 5.91. The van der Waals surface area contributed by atoms with Gasteiger partial charge in [-0.15, -0.1) is 0 Å². The topological polar surface area (TPSA) is 80.7 Å². The van der Waals surface area contributed by atoms with Gasteiger partial charge in [0.2, 0.25) is 11.8 Å². The van der Waals surface area contributed by atoms with E-state index in [0.29, 0.717) is 28.0 Å². The molecule has 8 heteroatoms. The van der Waals surface area contributed by atoms with Crippen LogP contribution in [0.1, 0.15) is 17.9 Å². The highest BCUT2D eigenvalue weighted by Crippen LogP contribution is 2.49. The molecule has 5 atom stereocenters. The molecule has 0 saturated carbocycles. The van der Waals surface area contributed by atoms with Gasteiger partial charge in [0.1, 0.15) is 0 Å². The number of methoxy groups -OCH3 is 1. The van der Waals surface area contributed by atoms with Gasteiger partial charge in [-0.05, 0) is 29.8 Å². The molecule has 6 nitrogen and oxygen atoms in total. The molecule has 2 aliphatic rings. The van der Waals surface area contributed by atoms with E-state index in [2.05, 4.69) is 10.3 Å². The summed E-state index contributed by atoms with van der Waals surface area (Å²) in [5.41, 5.74) is 1.41. The fourth-order valence-electron chi connectivity index (χ4n) is 3.98. The van der Waals surface area contributed by atoms with E-state index in [1.165, 1.54) is 7.11 Å². The molecule has 2 N–H and O–H groups in total. The van der Waals surface area contributed by atoms with E-state index in [1.54, 1.807) is 30.5 Å². The predicted molar refractivity (Wildman–Crippen MR) is 101 cm³/mol. The molecular weight excluding hydrogens is 391 g/mol. The number of pyridine rings is 1. The number of rotatable bonds is 4. The number of carbonyl (C=O) groups is 1. The minimum Gasteiger partial charge on any atom is -0.481 e. The molecule has 4 rings (SSSR count). The smallest absolute Gasteiger partial charge is 0.230 e. The van der Waals surface area contributed by atoms with Gasteiger partial charge in [0, 0.05) is 30.3 Å². The van der Waals surface area contributed by atoms with Crippen LogP contribution in [0.5, 0.6) is 5.88 Å². The van der Waals surface area contributed by atoms with Gasteiger partial charge in [0.15, 0.2) is 0 Å². The number of fused-ring (bicyclic) bond motifs is 2. The van der Waals surface area contributed by atoms with E-state index in [-0.39, 0.29) is 17.9 Å². The maximum atomic E-state index is 13.0. The number of amides is 1. The lowest BCUT2D eigenvalue weighted by molar-refractivity contribution is -0.121. The molecule has 27 heavy (non-hydrogen) atoms. The Kier molecular flexibility index (Phi) is 4.99. The van der Waals surface area contributed by atoms with Crippen LogP contribution in [0.4, 0.5) is 5.69 Å². The first kappa shape index (κ1) is 18.5. The maximum absolute atomic E-state index is 13.0. The Morgan fingerprint density at radius 1 is 1.30 bits per heavy atom.